The van der Waals surface area contributed by atoms with Gasteiger partial charge in [0.2, 0.25) is 0 Å². The van der Waals surface area contributed by atoms with E-state index in [4.69, 9.17) is 9.15 Å². The second kappa shape index (κ2) is 6.99. The van der Waals surface area contributed by atoms with Gasteiger partial charge in [0.1, 0.15) is 18.2 Å². The van der Waals surface area contributed by atoms with E-state index in [1.54, 1.807) is 0 Å². The molecule has 0 radical (unpaired) electrons. The second-order valence-electron chi connectivity index (χ2n) is 6.19. The third-order valence-corrected chi connectivity index (χ3v) is 4.40. The number of aryl methyl sites for hydroxylation is 2. The summed E-state index contributed by atoms with van der Waals surface area (Å²) in [5.41, 5.74) is 2.37. The first kappa shape index (κ1) is 17.7. The van der Waals surface area contributed by atoms with Crippen LogP contribution < -0.4 is 16.3 Å². The summed E-state index contributed by atoms with van der Waals surface area (Å²) in [6.45, 7) is 3.70. The molecule has 0 aliphatic carbocycles. The summed E-state index contributed by atoms with van der Waals surface area (Å²) in [6, 6.07) is 3.73. The van der Waals surface area contributed by atoms with Crippen molar-refractivity contribution in [1.82, 2.24) is 10.6 Å². The molecule has 1 atom stereocenters. The molecule has 1 aliphatic heterocycles. The van der Waals surface area contributed by atoms with Crippen molar-refractivity contribution in [1.29, 1.82) is 0 Å². The quantitative estimate of drug-likeness (QED) is 0.475. The van der Waals surface area contributed by atoms with Gasteiger partial charge in [0.15, 0.2) is 0 Å². The Hall–Kier alpha value is -3.16. The molecular formula is C18H18N2O6. The third-order valence-electron chi connectivity index (χ3n) is 4.40. The number of benzene rings is 1. The topological polar surface area (TPSA) is 115 Å². The number of nitrogens with one attached hydrogen (secondary N) is 2. The second-order valence-corrected chi connectivity index (χ2v) is 6.19. The average Bonchev–Trinajstić information content (AvgIpc) is 2.92. The maximum absolute atomic E-state index is 11.9. The van der Waals surface area contributed by atoms with Gasteiger partial charge in [-0.15, -0.1) is 0 Å². The molecule has 2 aromatic rings. The van der Waals surface area contributed by atoms with Crippen molar-refractivity contribution in [3.05, 3.63) is 45.3 Å². The van der Waals surface area contributed by atoms with Gasteiger partial charge in [0.25, 0.3) is 5.91 Å². The molecule has 1 fully saturated rings. The minimum Gasteiger partial charge on any atom is -0.461 e. The summed E-state index contributed by atoms with van der Waals surface area (Å²) in [6.07, 6.45) is 0.113. The highest BCUT2D eigenvalue weighted by Gasteiger charge is 2.29. The Balaban J connectivity index is 1.67. The van der Waals surface area contributed by atoms with E-state index in [1.807, 2.05) is 26.0 Å². The van der Waals surface area contributed by atoms with Crippen LogP contribution in [0.1, 0.15) is 29.5 Å². The molecular weight excluding hydrogens is 340 g/mol. The van der Waals surface area contributed by atoms with Gasteiger partial charge in [-0.2, -0.15) is 0 Å². The largest absolute Gasteiger partial charge is 0.461 e. The molecule has 0 unspecified atom stereocenters. The van der Waals surface area contributed by atoms with E-state index in [-0.39, 0.29) is 19.4 Å². The molecule has 3 amide bonds. The molecule has 2 heterocycles. The summed E-state index contributed by atoms with van der Waals surface area (Å²) in [5.74, 6) is -0.982. The van der Waals surface area contributed by atoms with Crippen LogP contribution in [0.5, 0.6) is 0 Å². The SMILES string of the molecule is Cc1ccc2c(COC(=O)CC[C@@H]3NC(=O)NC3=O)cc(=O)oc2c1C. The first-order valence-electron chi connectivity index (χ1n) is 8.15. The predicted molar refractivity (Wildman–Crippen MR) is 91.5 cm³/mol. The van der Waals surface area contributed by atoms with E-state index in [0.717, 1.165) is 11.1 Å². The minimum atomic E-state index is -0.731. The van der Waals surface area contributed by atoms with E-state index in [2.05, 4.69) is 10.6 Å². The van der Waals surface area contributed by atoms with Crippen molar-refractivity contribution < 1.29 is 23.5 Å². The van der Waals surface area contributed by atoms with E-state index < -0.39 is 29.6 Å². The van der Waals surface area contributed by atoms with E-state index in [9.17, 15) is 19.2 Å². The zero-order valence-electron chi connectivity index (χ0n) is 14.4. The number of carbonyl (C=O) groups excluding carboxylic acids is 3. The number of amides is 3. The number of carbonyl (C=O) groups is 3. The monoisotopic (exact) mass is 358 g/mol. The Morgan fingerprint density at radius 1 is 1.23 bits per heavy atom. The van der Waals surface area contributed by atoms with Crippen LogP contribution in [0.3, 0.4) is 0 Å². The van der Waals surface area contributed by atoms with Crippen LogP contribution in [-0.2, 0) is 20.9 Å². The van der Waals surface area contributed by atoms with Crippen LogP contribution in [0.2, 0.25) is 0 Å². The van der Waals surface area contributed by atoms with Crippen LogP contribution in [0.4, 0.5) is 4.79 Å². The molecule has 1 aliphatic rings. The zero-order valence-corrected chi connectivity index (χ0v) is 14.4. The average molecular weight is 358 g/mol. The standard InChI is InChI=1S/C18H18N2O6/c1-9-3-4-12-11(7-15(22)26-16(12)10(9)2)8-25-14(21)6-5-13-17(23)20-18(24)19-13/h3-4,7,13H,5-6,8H2,1-2H3,(H2,19,20,23,24)/t13-/m0/s1. The van der Waals surface area contributed by atoms with Gasteiger partial charge >= 0.3 is 17.6 Å². The number of rotatable bonds is 5. The van der Waals surface area contributed by atoms with E-state index >= 15 is 0 Å². The fourth-order valence-corrected chi connectivity index (χ4v) is 2.80. The first-order chi connectivity index (χ1) is 12.3. The fourth-order valence-electron chi connectivity index (χ4n) is 2.80. The maximum atomic E-state index is 11.9. The van der Waals surface area contributed by atoms with Gasteiger partial charge in [-0.25, -0.2) is 9.59 Å². The lowest BCUT2D eigenvalue weighted by Gasteiger charge is -2.10. The van der Waals surface area contributed by atoms with Gasteiger partial charge in [-0.05, 0) is 31.4 Å². The minimum absolute atomic E-state index is 0.0319. The lowest BCUT2D eigenvalue weighted by atomic mass is 10.0. The van der Waals surface area contributed by atoms with Crippen LogP contribution in [0.25, 0.3) is 11.0 Å². The molecule has 26 heavy (non-hydrogen) atoms. The molecule has 0 bridgehead atoms. The van der Waals surface area contributed by atoms with Crippen LogP contribution in [0.15, 0.2) is 27.4 Å². The molecule has 1 saturated heterocycles. The van der Waals surface area contributed by atoms with Crippen LogP contribution in [0, 0.1) is 13.8 Å². The fraction of sp³-hybridized carbons (Fsp3) is 0.333. The Labute approximate surface area is 148 Å². The molecule has 0 saturated carbocycles. The summed E-state index contributed by atoms with van der Waals surface area (Å²) < 4.78 is 10.5. The molecule has 2 N–H and O–H groups in total. The summed E-state index contributed by atoms with van der Waals surface area (Å²) in [5, 5.41) is 5.22. The predicted octanol–water partition coefficient (Wildman–Crippen LogP) is 1.44. The number of esters is 1. The number of fused-ring (bicyclic) bond motifs is 1. The third kappa shape index (κ3) is 3.58. The summed E-state index contributed by atoms with van der Waals surface area (Å²) >= 11 is 0. The number of hydrogen-bond donors (Lipinski definition) is 2. The summed E-state index contributed by atoms with van der Waals surface area (Å²) in [7, 11) is 0. The zero-order chi connectivity index (χ0) is 18.8. The normalized spacial score (nSPS) is 16.5. The van der Waals surface area contributed by atoms with Crippen molar-refractivity contribution >= 4 is 28.9 Å². The molecule has 0 spiro atoms. The molecule has 8 nitrogen and oxygen atoms in total. The van der Waals surface area contributed by atoms with Crippen LogP contribution >= 0.6 is 0 Å². The number of ether oxygens (including phenoxy) is 1. The Kier molecular flexibility index (Phi) is 4.75. The first-order valence-corrected chi connectivity index (χ1v) is 8.15. The highest BCUT2D eigenvalue weighted by atomic mass is 16.5. The maximum Gasteiger partial charge on any atom is 0.336 e. The highest BCUT2D eigenvalue weighted by molar-refractivity contribution is 6.04. The van der Waals surface area contributed by atoms with Crippen molar-refractivity contribution in [2.24, 2.45) is 0 Å². The number of urea groups is 1. The number of imide groups is 1. The van der Waals surface area contributed by atoms with Crippen LogP contribution in [-0.4, -0.2) is 23.9 Å². The molecule has 3 rings (SSSR count). The van der Waals surface area contributed by atoms with Crippen molar-refractivity contribution in [3.8, 4) is 0 Å². The van der Waals surface area contributed by atoms with Gasteiger partial charge in [-0.1, -0.05) is 12.1 Å². The molecule has 136 valence electrons. The summed E-state index contributed by atoms with van der Waals surface area (Å²) in [4.78, 5) is 46.2. The van der Waals surface area contributed by atoms with E-state index in [0.29, 0.717) is 16.5 Å². The van der Waals surface area contributed by atoms with Gasteiger partial charge in [-0.3, -0.25) is 14.9 Å². The Morgan fingerprint density at radius 2 is 2.00 bits per heavy atom. The molecule has 1 aromatic heterocycles. The number of hydrogen-bond acceptors (Lipinski definition) is 6. The van der Waals surface area contributed by atoms with E-state index in [1.165, 1.54) is 6.07 Å². The van der Waals surface area contributed by atoms with Crippen molar-refractivity contribution in [2.45, 2.75) is 39.3 Å². The molecule has 8 heteroatoms. The lowest BCUT2D eigenvalue weighted by molar-refractivity contribution is -0.145. The highest BCUT2D eigenvalue weighted by Crippen LogP contribution is 2.23. The van der Waals surface area contributed by atoms with Gasteiger partial charge in [0.05, 0.1) is 0 Å². The smallest absolute Gasteiger partial charge is 0.336 e. The van der Waals surface area contributed by atoms with Crippen molar-refractivity contribution in [2.75, 3.05) is 0 Å². The lowest BCUT2D eigenvalue weighted by Crippen LogP contribution is -2.29. The Bertz CT molecular complexity index is 962. The Morgan fingerprint density at radius 3 is 2.69 bits per heavy atom. The van der Waals surface area contributed by atoms with Gasteiger partial charge < -0.3 is 14.5 Å². The molecule has 1 aromatic carbocycles. The van der Waals surface area contributed by atoms with Gasteiger partial charge in [0, 0.05) is 23.4 Å². The van der Waals surface area contributed by atoms with Crippen molar-refractivity contribution in [3.63, 3.8) is 0 Å².